The zero-order valence-corrected chi connectivity index (χ0v) is 15.3. The van der Waals surface area contributed by atoms with E-state index in [0.717, 1.165) is 11.9 Å². The smallest absolute Gasteiger partial charge is 0.336 e. The monoisotopic (exact) mass is 443 g/mol. The third-order valence-electron chi connectivity index (χ3n) is 3.44. The second kappa shape index (κ2) is 7.37. The van der Waals surface area contributed by atoms with Crippen molar-refractivity contribution in [3.8, 4) is 0 Å². The second-order valence-electron chi connectivity index (χ2n) is 5.15. The second-order valence-corrected chi connectivity index (χ2v) is 6.40. The van der Waals surface area contributed by atoms with Crippen molar-refractivity contribution in [2.45, 2.75) is 6.18 Å². The highest BCUT2D eigenvalue weighted by Crippen LogP contribution is 2.48. The minimum atomic E-state index is -5.13. The number of nitrogens with zero attached hydrogens (tertiary/aromatic N) is 3. The van der Waals surface area contributed by atoms with Crippen LogP contribution in [-0.4, -0.2) is 16.9 Å². The molecule has 0 atom stereocenters. The van der Waals surface area contributed by atoms with E-state index >= 15 is 0 Å². The minimum Gasteiger partial charge on any atom is -0.336 e. The summed E-state index contributed by atoms with van der Waals surface area (Å²) in [6, 6.07) is 3.01. The van der Waals surface area contributed by atoms with Crippen LogP contribution in [0.4, 0.5) is 35.9 Å². The fourth-order valence-corrected chi connectivity index (χ4v) is 3.45. The lowest BCUT2D eigenvalue weighted by Gasteiger charge is -2.25. The van der Waals surface area contributed by atoms with Crippen LogP contribution in [0.3, 0.4) is 0 Å². The Morgan fingerprint density at radius 3 is 1.85 bits per heavy atom. The molecule has 0 saturated heterocycles. The zero-order valence-electron chi connectivity index (χ0n) is 13.1. The summed E-state index contributed by atoms with van der Waals surface area (Å²) < 4.78 is 40.6. The molecule has 0 spiro atoms. The molecule has 2 aromatic rings. The number of anilines is 2. The normalized spacial score (nSPS) is 11.4. The third kappa shape index (κ3) is 4.18. The number of non-ortho nitro benzene ring substituents is 1. The predicted octanol–water partition coefficient (Wildman–Crippen LogP) is 6.25. The van der Waals surface area contributed by atoms with Gasteiger partial charge in [0.1, 0.15) is 5.69 Å². The van der Waals surface area contributed by atoms with Crippen LogP contribution in [0.1, 0.15) is 5.56 Å². The first-order chi connectivity index (χ1) is 12.3. The van der Waals surface area contributed by atoms with Gasteiger partial charge in [0.25, 0.3) is 11.4 Å². The van der Waals surface area contributed by atoms with Crippen LogP contribution in [0.2, 0.25) is 15.1 Å². The Morgan fingerprint density at radius 2 is 1.44 bits per heavy atom. The van der Waals surface area contributed by atoms with E-state index in [1.165, 1.54) is 12.1 Å². The van der Waals surface area contributed by atoms with Gasteiger partial charge in [-0.3, -0.25) is 20.2 Å². The topological polar surface area (TPSA) is 89.5 Å². The van der Waals surface area contributed by atoms with Crippen molar-refractivity contribution in [3.63, 3.8) is 0 Å². The summed E-state index contributed by atoms with van der Waals surface area (Å²) in [7, 11) is 1.06. The van der Waals surface area contributed by atoms with Crippen molar-refractivity contribution in [2.24, 2.45) is 0 Å². The van der Waals surface area contributed by atoms with Gasteiger partial charge in [-0.25, -0.2) is 0 Å². The van der Waals surface area contributed by atoms with E-state index in [4.69, 9.17) is 34.8 Å². The number of hydrogen-bond donors (Lipinski definition) is 0. The lowest BCUT2D eigenvalue weighted by Crippen LogP contribution is -2.19. The maximum Gasteiger partial charge on any atom is 0.418 e. The molecule has 0 aromatic heterocycles. The van der Waals surface area contributed by atoms with Gasteiger partial charge in [0, 0.05) is 18.1 Å². The van der Waals surface area contributed by atoms with Crippen molar-refractivity contribution in [1.82, 2.24) is 0 Å². The van der Waals surface area contributed by atoms with Crippen molar-refractivity contribution in [2.75, 3.05) is 11.9 Å². The predicted molar refractivity (Wildman–Crippen MR) is 94.3 cm³/mol. The van der Waals surface area contributed by atoms with Crippen LogP contribution in [0, 0.1) is 20.2 Å². The molecule has 0 bridgehead atoms. The van der Waals surface area contributed by atoms with Gasteiger partial charge < -0.3 is 4.90 Å². The largest absolute Gasteiger partial charge is 0.418 e. The van der Waals surface area contributed by atoms with Crippen LogP contribution in [0.15, 0.2) is 24.3 Å². The van der Waals surface area contributed by atoms with E-state index < -0.39 is 38.6 Å². The van der Waals surface area contributed by atoms with Crippen LogP contribution >= 0.6 is 34.8 Å². The molecular weight excluding hydrogens is 438 g/mol. The lowest BCUT2D eigenvalue weighted by atomic mass is 10.1. The van der Waals surface area contributed by atoms with Gasteiger partial charge in [-0.1, -0.05) is 34.8 Å². The Kier molecular flexibility index (Phi) is 5.74. The molecule has 0 aliphatic rings. The molecule has 0 N–H and O–H groups in total. The quantitative estimate of drug-likeness (QED) is 0.411. The van der Waals surface area contributed by atoms with Gasteiger partial charge in [-0.05, 0) is 12.1 Å². The van der Waals surface area contributed by atoms with Gasteiger partial charge in [-0.15, -0.1) is 0 Å². The van der Waals surface area contributed by atoms with Crippen molar-refractivity contribution in [1.29, 1.82) is 0 Å². The Bertz CT molecular complexity index is 930. The first-order valence-electron chi connectivity index (χ1n) is 6.77. The average molecular weight is 445 g/mol. The lowest BCUT2D eigenvalue weighted by molar-refractivity contribution is -0.394. The summed E-state index contributed by atoms with van der Waals surface area (Å²) in [5, 5.41) is 22.0. The molecule has 0 amide bonds. The molecule has 0 aliphatic carbocycles. The Balaban J connectivity index is 2.90. The van der Waals surface area contributed by atoms with E-state index in [1.54, 1.807) is 0 Å². The summed E-state index contributed by atoms with van der Waals surface area (Å²) >= 11 is 17.7. The molecule has 7 nitrogen and oxygen atoms in total. The van der Waals surface area contributed by atoms with E-state index in [9.17, 15) is 33.4 Å². The van der Waals surface area contributed by atoms with E-state index in [2.05, 4.69) is 0 Å². The van der Waals surface area contributed by atoms with Crippen LogP contribution in [-0.2, 0) is 6.18 Å². The number of rotatable bonds is 4. The molecule has 0 unspecified atom stereocenters. The molecule has 0 radical (unpaired) electrons. The molecule has 0 heterocycles. The Hall–Kier alpha value is -2.30. The first kappa shape index (κ1) is 21.0. The van der Waals surface area contributed by atoms with Crippen molar-refractivity contribution >= 4 is 57.6 Å². The maximum absolute atomic E-state index is 13.5. The highest BCUT2D eigenvalue weighted by Gasteiger charge is 2.41. The van der Waals surface area contributed by atoms with Crippen LogP contribution in [0.5, 0.6) is 0 Å². The summed E-state index contributed by atoms with van der Waals surface area (Å²) in [6.07, 6.45) is -5.13. The van der Waals surface area contributed by atoms with Gasteiger partial charge >= 0.3 is 6.18 Å². The molecule has 0 aliphatic heterocycles. The van der Waals surface area contributed by atoms with E-state index in [0.29, 0.717) is 6.07 Å². The molecule has 0 fully saturated rings. The molecule has 13 heteroatoms. The molecule has 2 aromatic carbocycles. The van der Waals surface area contributed by atoms with Gasteiger partial charge in [0.05, 0.1) is 37.2 Å². The Morgan fingerprint density at radius 1 is 0.926 bits per heavy atom. The van der Waals surface area contributed by atoms with Crippen molar-refractivity contribution < 1.29 is 23.0 Å². The Labute approximate surface area is 164 Å². The maximum atomic E-state index is 13.5. The SMILES string of the molecule is CN(c1c(Cl)cc(Cl)cc1Cl)c1c([N+](=O)[O-])cc([N+](=O)[O-])cc1C(F)(F)F. The van der Waals surface area contributed by atoms with E-state index in [1.807, 2.05) is 0 Å². The molecule has 144 valence electrons. The summed E-state index contributed by atoms with van der Waals surface area (Å²) in [5.41, 5.74) is -4.96. The molecular formula is C14H7Cl3F3N3O4. The highest BCUT2D eigenvalue weighted by atomic mass is 35.5. The molecule has 27 heavy (non-hydrogen) atoms. The zero-order chi connectivity index (χ0) is 20.7. The number of alkyl halides is 3. The summed E-state index contributed by atoms with van der Waals surface area (Å²) in [6.45, 7) is 0. The van der Waals surface area contributed by atoms with E-state index in [-0.39, 0.29) is 26.8 Å². The standard InChI is InChI=1S/C14H7Cl3F3N3O4/c1-21(13-9(16)2-6(15)3-10(13)17)12-8(14(18,19)20)4-7(22(24)25)5-11(12)23(26)27/h2-5H,1H3. The number of nitro groups is 2. The van der Waals surface area contributed by atoms with Gasteiger partial charge in [0.15, 0.2) is 0 Å². The first-order valence-corrected chi connectivity index (χ1v) is 7.90. The summed E-state index contributed by atoms with van der Waals surface area (Å²) in [4.78, 5) is 20.7. The average Bonchev–Trinajstić information content (AvgIpc) is 2.51. The van der Waals surface area contributed by atoms with Gasteiger partial charge in [0.2, 0.25) is 0 Å². The number of nitro benzene ring substituents is 2. The third-order valence-corrected chi connectivity index (χ3v) is 4.23. The molecule has 2 rings (SSSR count). The molecule has 0 saturated carbocycles. The fourth-order valence-electron chi connectivity index (χ4n) is 2.38. The number of benzene rings is 2. The van der Waals surface area contributed by atoms with Gasteiger partial charge in [-0.2, -0.15) is 13.2 Å². The highest BCUT2D eigenvalue weighted by molar-refractivity contribution is 6.42. The summed E-state index contributed by atoms with van der Waals surface area (Å²) in [5.74, 6) is 0. The minimum absolute atomic E-state index is 0.0939. The fraction of sp³-hybridized carbons (Fsp3) is 0.143. The van der Waals surface area contributed by atoms with Crippen molar-refractivity contribution in [3.05, 3.63) is 65.1 Å². The van der Waals surface area contributed by atoms with Crippen LogP contribution < -0.4 is 4.90 Å². The number of hydrogen-bond acceptors (Lipinski definition) is 5. The number of halogens is 6. The van der Waals surface area contributed by atoms with Crippen LogP contribution in [0.25, 0.3) is 0 Å².